The molecule has 0 aromatic heterocycles. The number of methoxy groups -OCH3 is 1. The third-order valence-corrected chi connectivity index (χ3v) is 1.76. The molecule has 0 rings (SSSR count). The van der Waals surface area contributed by atoms with Crippen LogP contribution in [0.3, 0.4) is 0 Å². The Kier molecular flexibility index (Phi) is 7.89. The third-order valence-electron chi connectivity index (χ3n) is 1.76. The van der Waals surface area contributed by atoms with E-state index in [2.05, 4.69) is 0 Å². The van der Waals surface area contributed by atoms with E-state index in [-0.39, 0.29) is 13.2 Å². The van der Waals surface area contributed by atoms with Crippen LogP contribution in [0, 0.1) is 5.92 Å². The fourth-order valence-corrected chi connectivity index (χ4v) is 0.991. The maximum absolute atomic E-state index is 8.84. The molecule has 0 bridgehead atoms. The van der Waals surface area contributed by atoms with Crippen LogP contribution in [-0.4, -0.2) is 37.1 Å². The maximum atomic E-state index is 8.84. The lowest BCUT2D eigenvalue weighted by Crippen LogP contribution is -2.09. The SMILES string of the molecule is COCCC(CO)CCCO. The molecule has 0 aliphatic carbocycles. The van der Waals surface area contributed by atoms with Crippen molar-refractivity contribution in [1.82, 2.24) is 0 Å². The van der Waals surface area contributed by atoms with Crippen LogP contribution >= 0.6 is 0 Å². The zero-order valence-corrected chi connectivity index (χ0v) is 7.12. The number of aliphatic hydroxyl groups excluding tert-OH is 2. The van der Waals surface area contributed by atoms with Crippen molar-refractivity contribution in [3.8, 4) is 0 Å². The van der Waals surface area contributed by atoms with Crippen LogP contribution in [0.15, 0.2) is 0 Å². The molecule has 0 saturated heterocycles. The van der Waals surface area contributed by atoms with Crippen molar-refractivity contribution in [2.75, 3.05) is 26.9 Å². The molecule has 0 aromatic rings. The summed E-state index contributed by atoms with van der Waals surface area (Å²) >= 11 is 0. The first-order valence-electron chi connectivity index (χ1n) is 4.05. The fraction of sp³-hybridized carbons (Fsp3) is 1.00. The second-order valence-electron chi connectivity index (χ2n) is 2.70. The van der Waals surface area contributed by atoms with Crippen LogP contribution in [0.2, 0.25) is 0 Å². The predicted molar refractivity (Wildman–Crippen MR) is 43.4 cm³/mol. The molecule has 1 unspecified atom stereocenters. The summed E-state index contributed by atoms with van der Waals surface area (Å²) in [7, 11) is 1.65. The first kappa shape index (κ1) is 10.9. The molecule has 0 saturated carbocycles. The molecule has 0 aliphatic rings. The van der Waals surface area contributed by atoms with Crippen LogP contribution in [0.4, 0.5) is 0 Å². The van der Waals surface area contributed by atoms with Gasteiger partial charge in [0.25, 0.3) is 0 Å². The van der Waals surface area contributed by atoms with Crippen molar-refractivity contribution in [3.05, 3.63) is 0 Å². The van der Waals surface area contributed by atoms with Gasteiger partial charge in [-0.1, -0.05) is 0 Å². The Hall–Kier alpha value is -0.120. The molecule has 3 nitrogen and oxygen atoms in total. The van der Waals surface area contributed by atoms with E-state index in [0.29, 0.717) is 12.5 Å². The second kappa shape index (κ2) is 7.98. The molecule has 1 atom stereocenters. The van der Waals surface area contributed by atoms with E-state index in [1.165, 1.54) is 0 Å². The minimum Gasteiger partial charge on any atom is -0.396 e. The molecule has 3 heteroatoms. The number of ether oxygens (including phenoxy) is 1. The highest BCUT2D eigenvalue weighted by molar-refractivity contribution is 4.56. The van der Waals surface area contributed by atoms with E-state index in [9.17, 15) is 0 Å². The molecular weight excluding hydrogens is 144 g/mol. The Morgan fingerprint density at radius 3 is 2.45 bits per heavy atom. The smallest absolute Gasteiger partial charge is 0.0465 e. The molecule has 11 heavy (non-hydrogen) atoms. The van der Waals surface area contributed by atoms with E-state index in [1.54, 1.807) is 7.11 Å². The Labute approximate surface area is 68.0 Å². The Morgan fingerprint density at radius 2 is 2.00 bits per heavy atom. The van der Waals surface area contributed by atoms with Gasteiger partial charge in [0.2, 0.25) is 0 Å². The topological polar surface area (TPSA) is 49.7 Å². The van der Waals surface area contributed by atoms with Crippen LogP contribution in [0.5, 0.6) is 0 Å². The highest BCUT2D eigenvalue weighted by Crippen LogP contribution is 2.09. The largest absolute Gasteiger partial charge is 0.396 e. The van der Waals surface area contributed by atoms with Gasteiger partial charge in [0.15, 0.2) is 0 Å². The third kappa shape index (κ3) is 6.28. The molecule has 68 valence electrons. The lowest BCUT2D eigenvalue weighted by atomic mass is 10.0. The van der Waals surface area contributed by atoms with Gasteiger partial charge in [-0.15, -0.1) is 0 Å². The number of aliphatic hydroxyl groups is 2. The van der Waals surface area contributed by atoms with Crippen molar-refractivity contribution in [2.24, 2.45) is 5.92 Å². The summed E-state index contributed by atoms with van der Waals surface area (Å²) in [5, 5.41) is 17.4. The molecule has 0 aliphatic heterocycles. The summed E-state index contributed by atoms with van der Waals surface area (Å²) in [4.78, 5) is 0. The molecule has 0 amide bonds. The van der Waals surface area contributed by atoms with Crippen molar-refractivity contribution >= 4 is 0 Å². The summed E-state index contributed by atoms with van der Waals surface area (Å²) in [5.41, 5.74) is 0. The molecule has 0 aromatic carbocycles. The average molecular weight is 162 g/mol. The zero-order chi connectivity index (χ0) is 8.53. The van der Waals surface area contributed by atoms with Crippen molar-refractivity contribution in [2.45, 2.75) is 19.3 Å². The summed E-state index contributed by atoms with van der Waals surface area (Å²) in [6.45, 7) is 1.10. The molecule has 0 spiro atoms. The molecule has 0 heterocycles. The minimum absolute atomic E-state index is 0.198. The molecular formula is C8H18O3. The first-order chi connectivity index (χ1) is 5.35. The normalized spacial score (nSPS) is 13.4. The van der Waals surface area contributed by atoms with Crippen molar-refractivity contribution < 1.29 is 14.9 Å². The summed E-state index contributed by atoms with van der Waals surface area (Å²) < 4.78 is 4.88. The van der Waals surface area contributed by atoms with E-state index in [0.717, 1.165) is 19.3 Å². The lowest BCUT2D eigenvalue weighted by Gasteiger charge is -2.11. The highest BCUT2D eigenvalue weighted by atomic mass is 16.5. The summed E-state index contributed by atoms with van der Waals surface area (Å²) in [5.74, 6) is 0.294. The van der Waals surface area contributed by atoms with Gasteiger partial charge >= 0.3 is 0 Å². The minimum atomic E-state index is 0.198. The van der Waals surface area contributed by atoms with Crippen LogP contribution in [0.25, 0.3) is 0 Å². The Balaban J connectivity index is 3.25. The van der Waals surface area contributed by atoms with Crippen molar-refractivity contribution in [3.63, 3.8) is 0 Å². The van der Waals surface area contributed by atoms with Gasteiger partial charge in [0.1, 0.15) is 0 Å². The van der Waals surface area contributed by atoms with Gasteiger partial charge in [-0.2, -0.15) is 0 Å². The first-order valence-corrected chi connectivity index (χ1v) is 4.05. The number of rotatable bonds is 7. The number of hydrogen-bond acceptors (Lipinski definition) is 3. The van der Waals surface area contributed by atoms with E-state index in [1.807, 2.05) is 0 Å². The zero-order valence-electron chi connectivity index (χ0n) is 7.12. The molecule has 0 fully saturated rings. The maximum Gasteiger partial charge on any atom is 0.0465 e. The standard InChI is InChI=1S/C8H18O3/c1-11-6-4-8(7-10)3-2-5-9/h8-10H,2-7H2,1H3. The van der Waals surface area contributed by atoms with Gasteiger partial charge in [-0.3, -0.25) is 0 Å². The molecule has 2 N–H and O–H groups in total. The monoisotopic (exact) mass is 162 g/mol. The summed E-state index contributed by atoms with van der Waals surface area (Å²) in [6.07, 6.45) is 2.54. The van der Waals surface area contributed by atoms with Gasteiger partial charge in [-0.05, 0) is 25.2 Å². The lowest BCUT2D eigenvalue weighted by molar-refractivity contribution is 0.138. The van der Waals surface area contributed by atoms with Crippen LogP contribution in [-0.2, 0) is 4.74 Å². The fourth-order valence-electron chi connectivity index (χ4n) is 0.991. The second-order valence-corrected chi connectivity index (χ2v) is 2.70. The quantitative estimate of drug-likeness (QED) is 0.570. The van der Waals surface area contributed by atoms with Gasteiger partial charge in [0, 0.05) is 26.9 Å². The number of hydrogen-bond donors (Lipinski definition) is 2. The van der Waals surface area contributed by atoms with Gasteiger partial charge in [0.05, 0.1) is 0 Å². The van der Waals surface area contributed by atoms with Crippen LogP contribution in [0.1, 0.15) is 19.3 Å². The summed E-state index contributed by atoms with van der Waals surface area (Å²) in [6, 6.07) is 0. The Bertz CT molecular complexity index is 67.7. The van der Waals surface area contributed by atoms with E-state index in [4.69, 9.17) is 14.9 Å². The van der Waals surface area contributed by atoms with E-state index >= 15 is 0 Å². The van der Waals surface area contributed by atoms with Gasteiger partial charge in [-0.25, -0.2) is 0 Å². The van der Waals surface area contributed by atoms with E-state index < -0.39 is 0 Å². The average Bonchev–Trinajstić information content (AvgIpc) is 2.05. The predicted octanol–water partition coefficient (Wildman–Crippen LogP) is 0.404. The Morgan fingerprint density at radius 1 is 1.27 bits per heavy atom. The molecule has 0 radical (unpaired) electrons. The van der Waals surface area contributed by atoms with Gasteiger partial charge < -0.3 is 14.9 Å². The van der Waals surface area contributed by atoms with Crippen molar-refractivity contribution in [1.29, 1.82) is 0 Å². The van der Waals surface area contributed by atoms with Crippen LogP contribution < -0.4 is 0 Å². The highest BCUT2D eigenvalue weighted by Gasteiger charge is 2.05.